The molecule has 1 aromatic rings. The molecule has 0 radical (unpaired) electrons. The number of aromatic nitrogens is 1. The van der Waals surface area contributed by atoms with Crippen LogP contribution in [-0.4, -0.2) is 37.3 Å². The van der Waals surface area contributed by atoms with E-state index in [1.165, 1.54) is 12.3 Å². The molecule has 0 spiro atoms. The lowest BCUT2D eigenvalue weighted by atomic mass is 10.1. The molecule has 1 aliphatic heterocycles. The van der Waals surface area contributed by atoms with Crippen molar-refractivity contribution >= 4 is 10.0 Å². The number of hydrogen-bond acceptors (Lipinski definition) is 5. The van der Waals surface area contributed by atoms with Gasteiger partial charge in [0.2, 0.25) is 0 Å². The second-order valence-electron chi connectivity index (χ2n) is 4.69. The smallest absolute Gasteiger partial charge is 0.258 e. The summed E-state index contributed by atoms with van der Waals surface area (Å²) in [5, 5.41) is 8.88. The van der Waals surface area contributed by atoms with Gasteiger partial charge in [-0.05, 0) is 31.4 Å². The van der Waals surface area contributed by atoms with Gasteiger partial charge < -0.3 is 9.84 Å². The van der Waals surface area contributed by atoms with Crippen molar-refractivity contribution in [3.8, 4) is 0 Å². The summed E-state index contributed by atoms with van der Waals surface area (Å²) in [6.07, 6.45) is 2.75. The van der Waals surface area contributed by atoms with Crippen molar-refractivity contribution in [3.63, 3.8) is 0 Å². The van der Waals surface area contributed by atoms with Crippen LogP contribution in [0.2, 0.25) is 0 Å². The van der Waals surface area contributed by atoms with Crippen molar-refractivity contribution in [1.82, 2.24) is 9.71 Å². The van der Waals surface area contributed by atoms with E-state index in [9.17, 15) is 8.42 Å². The van der Waals surface area contributed by atoms with Gasteiger partial charge in [-0.25, -0.2) is 18.1 Å². The maximum atomic E-state index is 12.1. The molecule has 106 valence electrons. The Morgan fingerprint density at radius 2 is 2.32 bits per heavy atom. The molecule has 1 aliphatic rings. The van der Waals surface area contributed by atoms with Crippen LogP contribution in [0.1, 0.15) is 25.3 Å². The molecule has 2 heterocycles. The molecule has 0 saturated carbocycles. The number of nitrogens with one attached hydrogen (secondary N) is 1. The Hall–Kier alpha value is -1.02. The lowest BCUT2D eigenvalue weighted by molar-refractivity contribution is 0.0173. The third kappa shape index (κ3) is 3.73. The summed E-state index contributed by atoms with van der Waals surface area (Å²) in [6, 6.07) is 2.83. The first kappa shape index (κ1) is 14.4. The van der Waals surface area contributed by atoms with Gasteiger partial charge in [0, 0.05) is 18.8 Å². The number of ether oxygens (including phenoxy) is 1. The van der Waals surface area contributed by atoms with Crippen LogP contribution in [0, 0.1) is 0 Å². The summed E-state index contributed by atoms with van der Waals surface area (Å²) in [6.45, 7) is 2.33. The van der Waals surface area contributed by atoms with Crippen molar-refractivity contribution < 1.29 is 18.3 Å². The van der Waals surface area contributed by atoms with E-state index >= 15 is 0 Å². The third-order valence-corrected chi connectivity index (χ3v) is 4.50. The number of sulfonamides is 1. The minimum absolute atomic E-state index is 0.0242. The quantitative estimate of drug-likeness (QED) is 0.837. The van der Waals surface area contributed by atoms with Gasteiger partial charge in [-0.15, -0.1) is 0 Å². The Kier molecular flexibility index (Phi) is 4.51. The first-order valence-electron chi connectivity index (χ1n) is 6.21. The molecule has 6 nitrogen and oxygen atoms in total. The van der Waals surface area contributed by atoms with Crippen molar-refractivity contribution in [2.24, 2.45) is 0 Å². The zero-order chi connectivity index (χ0) is 13.9. The summed E-state index contributed by atoms with van der Waals surface area (Å²) in [4.78, 5) is 3.86. The normalized spacial score (nSPS) is 24.3. The van der Waals surface area contributed by atoms with Gasteiger partial charge in [0.25, 0.3) is 10.0 Å². The predicted octanol–water partition coefficient (Wildman–Crippen LogP) is 0.420. The molecule has 2 rings (SSSR count). The number of nitrogens with zero attached hydrogens (tertiary/aromatic N) is 1. The molecule has 0 bridgehead atoms. The summed E-state index contributed by atoms with van der Waals surface area (Å²) >= 11 is 0. The van der Waals surface area contributed by atoms with Crippen molar-refractivity contribution in [1.29, 1.82) is 0 Å². The van der Waals surface area contributed by atoms with Crippen LogP contribution in [0.3, 0.4) is 0 Å². The summed E-state index contributed by atoms with van der Waals surface area (Å²) in [5.74, 6) is 0. The fraction of sp³-hybridized carbons (Fsp3) is 0.583. The average molecular weight is 286 g/mol. The average Bonchev–Trinajstić information content (AvgIpc) is 2.38. The van der Waals surface area contributed by atoms with Gasteiger partial charge >= 0.3 is 0 Å². The summed E-state index contributed by atoms with van der Waals surface area (Å²) in [7, 11) is -3.61. The highest BCUT2D eigenvalue weighted by molar-refractivity contribution is 7.89. The van der Waals surface area contributed by atoms with E-state index in [1.54, 1.807) is 6.07 Å². The molecule has 0 amide bonds. The van der Waals surface area contributed by atoms with Crippen LogP contribution in [-0.2, 0) is 21.4 Å². The van der Waals surface area contributed by atoms with Gasteiger partial charge in [-0.1, -0.05) is 6.07 Å². The zero-order valence-electron chi connectivity index (χ0n) is 10.7. The van der Waals surface area contributed by atoms with E-state index in [1.807, 2.05) is 6.92 Å². The molecule has 0 aliphatic carbocycles. The Labute approximate surface area is 112 Å². The third-order valence-electron chi connectivity index (χ3n) is 3.06. The fourth-order valence-corrected chi connectivity index (χ4v) is 3.26. The lowest BCUT2D eigenvalue weighted by Crippen LogP contribution is -2.41. The minimum Gasteiger partial charge on any atom is -0.392 e. The van der Waals surface area contributed by atoms with Crippen molar-refractivity contribution in [3.05, 3.63) is 23.9 Å². The van der Waals surface area contributed by atoms with Crippen molar-refractivity contribution in [2.75, 3.05) is 6.61 Å². The lowest BCUT2D eigenvalue weighted by Gasteiger charge is -2.27. The standard InChI is InChI=1S/C12H18N2O4S/c1-9-6-11(4-5-18-9)14-19(16,17)12-3-2-10(8-15)7-13-12/h2-3,7,9,11,14-15H,4-6,8H2,1H3. The highest BCUT2D eigenvalue weighted by atomic mass is 32.2. The van der Waals surface area contributed by atoms with Gasteiger partial charge in [-0.2, -0.15) is 0 Å². The van der Waals surface area contributed by atoms with Crippen molar-refractivity contribution in [2.45, 2.75) is 43.5 Å². The molecule has 7 heteroatoms. The van der Waals surface area contributed by atoms with Crippen LogP contribution < -0.4 is 4.72 Å². The number of aliphatic hydroxyl groups excluding tert-OH is 1. The second-order valence-corrected chi connectivity index (χ2v) is 6.35. The number of hydrogen-bond donors (Lipinski definition) is 2. The van der Waals surface area contributed by atoms with E-state index in [2.05, 4.69) is 9.71 Å². The summed E-state index contributed by atoms with van der Waals surface area (Å²) < 4.78 is 32.3. The van der Waals surface area contributed by atoms with Gasteiger partial charge in [0.15, 0.2) is 5.03 Å². The van der Waals surface area contributed by atoms with Crippen LogP contribution in [0.25, 0.3) is 0 Å². The molecular formula is C12H18N2O4S. The van der Waals surface area contributed by atoms with Crippen LogP contribution >= 0.6 is 0 Å². The molecule has 1 fully saturated rings. The molecule has 1 saturated heterocycles. The molecule has 2 N–H and O–H groups in total. The van der Waals surface area contributed by atoms with E-state index < -0.39 is 10.0 Å². The highest BCUT2D eigenvalue weighted by Crippen LogP contribution is 2.16. The number of aliphatic hydroxyl groups is 1. The zero-order valence-corrected chi connectivity index (χ0v) is 11.6. The summed E-state index contributed by atoms with van der Waals surface area (Å²) in [5.41, 5.74) is 0.582. The number of pyridine rings is 1. The second kappa shape index (κ2) is 5.96. The topological polar surface area (TPSA) is 88.5 Å². The molecule has 1 aromatic heterocycles. The first-order valence-corrected chi connectivity index (χ1v) is 7.69. The van der Waals surface area contributed by atoms with E-state index in [0.717, 1.165) is 0 Å². The van der Waals surface area contributed by atoms with Gasteiger partial charge in [0.1, 0.15) is 0 Å². The predicted molar refractivity (Wildman–Crippen MR) is 68.9 cm³/mol. The van der Waals surface area contributed by atoms with E-state index in [-0.39, 0.29) is 23.8 Å². The Morgan fingerprint density at radius 1 is 1.53 bits per heavy atom. The Balaban J connectivity index is 2.08. The van der Waals surface area contributed by atoms with Crippen LogP contribution in [0.4, 0.5) is 0 Å². The molecule has 0 aromatic carbocycles. The fourth-order valence-electron chi connectivity index (χ4n) is 2.05. The minimum atomic E-state index is -3.61. The first-order chi connectivity index (χ1) is 9.01. The van der Waals surface area contributed by atoms with E-state index in [4.69, 9.17) is 9.84 Å². The van der Waals surface area contributed by atoms with Gasteiger partial charge in [0.05, 0.1) is 12.7 Å². The van der Waals surface area contributed by atoms with Crippen LogP contribution in [0.15, 0.2) is 23.4 Å². The monoisotopic (exact) mass is 286 g/mol. The molecular weight excluding hydrogens is 268 g/mol. The van der Waals surface area contributed by atoms with Gasteiger partial charge in [-0.3, -0.25) is 0 Å². The highest BCUT2D eigenvalue weighted by Gasteiger charge is 2.25. The maximum absolute atomic E-state index is 12.1. The Bertz CT molecular complexity index is 515. The van der Waals surface area contributed by atoms with Crippen LogP contribution in [0.5, 0.6) is 0 Å². The Morgan fingerprint density at radius 3 is 2.89 bits per heavy atom. The molecule has 2 unspecified atom stereocenters. The largest absolute Gasteiger partial charge is 0.392 e. The molecule has 2 atom stereocenters. The number of rotatable bonds is 4. The van der Waals surface area contributed by atoms with E-state index in [0.29, 0.717) is 25.0 Å². The molecule has 19 heavy (non-hydrogen) atoms. The maximum Gasteiger partial charge on any atom is 0.258 e. The SMILES string of the molecule is CC1CC(NS(=O)(=O)c2ccc(CO)cn2)CCO1.